The number of ketones is 1. The molecular formula is C28H16F2N4O3S. The number of para-hydroxylation sites is 1. The van der Waals surface area contributed by atoms with Gasteiger partial charge in [-0.2, -0.15) is 0 Å². The van der Waals surface area contributed by atoms with Gasteiger partial charge in [0.25, 0.3) is 5.78 Å². The van der Waals surface area contributed by atoms with E-state index < -0.39 is 23.4 Å². The summed E-state index contributed by atoms with van der Waals surface area (Å²) in [5.74, 6) is -3.17. The molecule has 3 aromatic heterocycles. The molecule has 0 radical (unpaired) electrons. The van der Waals surface area contributed by atoms with Crippen molar-refractivity contribution < 1.29 is 27.9 Å². The van der Waals surface area contributed by atoms with Crippen LogP contribution in [0.3, 0.4) is 0 Å². The van der Waals surface area contributed by atoms with Gasteiger partial charge in [-0.3, -0.25) is 4.79 Å². The minimum atomic E-state index is -0.932. The van der Waals surface area contributed by atoms with E-state index in [2.05, 4.69) is 5.27 Å². The van der Waals surface area contributed by atoms with Gasteiger partial charge in [0.1, 0.15) is 21.3 Å². The van der Waals surface area contributed by atoms with Crippen LogP contribution in [-0.4, -0.2) is 16.0 Å². The maximum Gasteiger partial charge on any atom is 0.312 e. The Morgan fingerprint density at radius 2 is 1.66 bits per heavy atom. The van der Waals surface area contributed by atoms with E-state index in [1.54, 1.807) is 36.4 Å². The number of carbonyl (C=O) groups is 1. The third kappa shape index (κ3) is 3.87. The lowest BCUT2D eigenvalue weighted by atomic mass is 9.98. The monoisotopic (exact) mass is 526 g/mol. The minimum Gasteiger partial charge on any atom is -0.539 e. The number of halogens is 2. The van der Waals surface area contributed by atoms with Crippen molar-refractivity contribution >= 4 is 33.0 Å². The van der Waals surface area contributed by atoms with Crippen molar-refractivity contribution in [2.45, 2.75) is 0 Å². The van der Waals surface area contributed by atoms with E-state index in [1.807, 2.05) is 30.3 Å². The number of pyridine rings is 1. The number of benzene rings is 3. The molecule has 7 nitrogen and oxygen atoms in total. The molecule has 186 valence electrons. The second-order valence-electron chi connectivity index (χ2n) is 8.36. The summed E-state index contributed by atoms with van der Waals surface area (Å²) in [4.78, 5) is 18.7. The summed E-state index contributed by atoms with van der Waals surface area (Å²) < 4.78 is 34.6. The van der Waals surface area contributed by atoms with Crippen LogP contribution in [0.25, 0.3) is 38.3 Å². The van der Waals surface area contributed by atoms with Gasteiger partial charge < -0.3 is 15.4 Å². The molecule has 0 bridgehead atoms. The molecular weight excluding hydrogens is 510 g/mol. The van der Waals surface area contributed by atoms with Crippen molar-refractivity contribution in [3.05, 3.63) is 107 Å². The molecule has 3 heterocycles. The number of carbonyl (C=O) groups excluding carboxylic acids is 1. The molecule has 0 aliphatic heterocycles. The maximum atomic E-state index is 15.0. The van der Waals surface area contributed by atoms with Gasteiger partial charge in [-0.05, 0) is 28.4 Å². The predicted octanol–water partition coefficient (Wildman–Crippen LogP) is 5.06. The molecule has 6 aromatic rings. The summed E-state index contributed by atoms with van der Waals surface area (Å²) in [6, 6.07) is 22.6. The smallest absolute Gasteiger partial charge is 0.312 e. The van der Waals surface area contributed by atoms with Crippen LogP contribution in [0, 0.1) is 11.6 Å². The van der Waals surface area contributed by atoms with Gasteiger partial charge in [0.2, 0.25) is 5.69 Å². The predicted molar refractivity (Wildman–Crippen MR) is 136 cm³/mol. The molecule has 6 rings (SSSR count). The van der Waals surface area contributed by atoms with Crippen molar-refractivity contribution in [2.75, 3.05) is 5.73 Å². The van der Waals surface area contributed by atoms with Gasteiger partial charge in [-0.15, -0.1) is 11.3 Å². The number of hydrogen-bond acceptors (Lipinski definition) is 7. The zero-order valence-electron chi connectivity index (χ0n) is 19.4. The number of nitrogen functional groups attached to an aromatic ring is 1. The second-order valence-corrected chi connectivity index (χ2v) is 9.35. The van der Waals surface area contributed by atoms with Crippen LogP contribution in [0.2, 0.25) is 0 Å². The normalized spacial score (nSPS) is 11.2. The Labute approximate surface area is 218 Å². The average molecular weight is 527 g/mol. The van der Waals surface area contributed by atoms with E-state index >= 15 is 0 Å². The number of nitrogens with two attached hydrogens (primary N) is 1. The third-order valence-corrected chi connectivity index (χ3v) is 7.12. The molecule has 0 amide bonds. The van der Waals surface area contributed by atoms with Gasteiger partial charge in [0.15, 0.2) is 5.95 Å². The van der Waals surface area contributed by atoms with Crippen molar-refractivity contribution in [2.24, 2.45) is 0 Å². The van der Waals surface area contributed by atoms with Crippen LogP contribution >= 0.6 is 11.3 Å². The fourth-order valence-corrected chi connectivity index (χ4v) is 5.32. The molecule has 0 unspecified atom stereocenters. The van der Waals surface area contributed by atoms with Gasteiger partial charge in [0.05, 0.1) is 16.7 Å². The molecule has 3 aromatic carbocycles. The summed E-state index contributed by atoms with van der Waals surface area (Å²) >= 11 is 0.966. The van der Waals surface area contributed by atoms with E-state index in [0.29, 0.717) is 27.2 Å². The molecule has 0 saturated carbocycles. The molecule has 38 heavy (non-hydrogen) atoms. The standard InChI is InChI=1S/C28H16F2N4O3S/c29-16-11-12-18(20(30)13-16)19-14-21(15-7-3-1-4-8-15)32-27-22(19)23(31)26(38-27)25(35)24-28(36)37-33-34(24)17-9-5-2-6-10-17/h1-14H,(H2-,31,33,35,36). The SMILES string of the molecule is Nc1c(C(=O)c2c([O-])on[n+]2-c2ccccc2)sc2nc(-c3ccccc3)cc(-c3ccc(F)cc3F)c12. The Bertz CT molecular complexity index is 1840. The first-order valence-electron chi connectivity index (χ1n) is 11.4. The summed E-state index contributed by atoms with van der Waals surface area (Å²) in [6.07, 6.45) is 0. The number of nitrogens with zero attached hydrogens (tertiary/aromatic N) is 3. The molecule has 0 aliphatic carbocycles. The van der Waals surface area contributed by atoms with Gasteiger partial charge >= 0.3 is 5.69 Å². The fraction of sp³-hybridized carbons (Fsp3) is 0. The number of anilines is 1. The molecule has 0 aliphatic rings. The molecule has 10 heteroatoms. The second kappa shape index (κ2) is 9.16. The van der Waals surface area contributed by atoms with Gasteiger partial charge in [-0.1, -0.05) is 48.5 Å². The highest BCUT2D eigenvalue weighted by atomic mass is 32.1. The lowest BCUT2D eigenvalue weighted by Gasteiger charge is -2.10. The first-order valence-corrected chi connectivity index (χ1v) is 12.2. The Kier molecular flexibility index (Phi) is 5.65. The average Bonchev–Trinajstić information content (AvgIpc) is 3.48. The first kappa shape index (κ1) is 23.4. The highest BCUT2D eigenvalue weighted by Gasteiger charge is 2.33. The molecule has 0 saturated heterocycles. The van der Waals surface area contributed by atoms with Crippen LogP contribution in [0.5, 0.6) is 5.95 Å². The lowest BCUT2D eigenvalue weighted by molar-refractivity contribution is -0.672. The third-order valence-electron chi connectivity index (χ3n) is 6.02. The number of aromatic nitrogens is 3. The van der Waals surface area contributed by atoms with Crippen molar-refractivity contribution in [3.63, 3.8) is 0 Å². The summed E-state index contributed by atoms with van der Waals surface area (Å²) in [5, 5.41) is 16.6. The van der Waals surface area contributed by atoms with Crippen molar-refractivity contribution in [3.8, 4) is 34.0 Å². The van der Waals surface area contributed by atoms with Gasteiger partial charge in [0, 0.05) is 34.7 Å². The van der Waals surface area contributed by atoms with Crippen LogP contribution in [0.1, 0.15) is 15.4 Å². The van der Waals surface area contributed by atoms with Crippen LogP contribution in [-0.2, 0) is 0 Å². The van der Waals surface area contributed by atoms with Crippen LogP contribution in [0.4, 0.5) is 14.5 Å². The summed E-state index contributed by atoms with van der Waals surface area (Å²) in [5.41, 5.74) is 8.28. The minimum absolute atomic E-state index is 0.0149. The Hall–Kier alpha value is -4.96. The number of thiophene rings is 1. The van der Waals surface area contributed by atoms with E-state index in [1.165, 1.54) is 6.07 Å². The van der Waals surface area contributed by atoms with Crippen molar-refractivity contribution in [1.82, 2.24) is 10.3 Å². The quantitative estimate of drug-likeness (QED) is 0.248. The molecule has 0 atom stereocenters. The van der Waals surface area contributed by atoms with Gasteiger partial charge in [-0.25, -0.2) is 13.8 Å². The van der Waals surface area contributed by atoms with Crippen LogP contribution < -0.4 is 15.5 Å². The highest BCUT2D eigenvalue weighted by molar-refractivity contribution is 7.21. The number of fused-ring (bicyclic) bond motifs is 1. The fourth-order valence-electron chi connectivity index (χ4n) is 4.26. The zero-order valence-corrected chi connectivity index (χ0v) is 20.2. The number of hydrogen-bond donors (Lipinski definition) is 1. The molecule has 0 fully saturated rings. The Morgan fingerprint density at radius 3 is 2.37 bits per heavy atom. The van der Waals surface area contributed by atoms with E-state index in [0.717, 1.165) is 33.7 Å². The molecule has 2 N–H and O–H groups in total. The lowest BCUT2D eigenvalue weighted by Crippen LogP contribution is -2.39. The summed E-state index contributed by atoms with van der Waals surface area (Å²) in [6.45, 7) is 0. The Morgan fingerprint density at radius 1 is 0.947 bits per heavy atom. The number of rotatable bonds is 5. The molecule has 0 spiro atoms. The first-order chi connectivity index (χ1) is 18.4. The van der Waals surface area contributed by atoms with Crippen molar-refractivity contribution in [1.29, 1.82) is 0 Å². The largest absolute Gasteiger partial charge is 0.539 e. The highest BCUT2D eigenvalue weighted by Crippen LogP contribution is 2.43. The Balaban J connectivity index is 1.59. The van der Waals surface area contributed by atoms with E-state index in [-0.39, 0.29) is 21.8 Å². The summed E-state index contributed by atoms with van der Waals surface area (Å²) in [7, 11) is 0. The van der Waals surface area contributed by atoms with E-state index in [9.17, 15) is 18.7 Å². The topological polar surface area (TPSA) is 109 Å². The van der Waals surface area contributed by atoms with Crippen LogP contribution in [0.15, 0.2) is 89.5 Å². The zero-order chi connectivity index (χ0) is 26.4. The maximum absolute atomic E-state index is 15.0. The van der Waals surface area contributed by atoms with E-state index in [4.69, 9.17) is 15.2 Å².